The molecule has 0 unspecified atom stereocenters. The Morgan fingerprint density at radius 2 is 2.00 bits per heavy atom. The lowest BCUT2D eigenvalue weighted by molar-refractivity contribution is 0.317. The molecule has 0 spiro atoms. The molecule has 0 aromatic rings. The zero-order chi connectivity index (χ0) is 9.57. The molecule has 1 aliphatic carbocycles. The predicted molar refractivity (Wildman–Crippen MR) is 66.9 cm³/mol. The maximum Gasteiger partial charge on any atom is 0.00879 e. The van der Waals surface area contributed by atoms with Crippen LogP contribution in [0, 0.1) is 5.41 Å². The van der Waals surface area contributed by atoms with E-state index in [0.29, 0.717) is 5.41 Å². The Balaban J connectivity index is 2.16. The summed E-state index contributed by atoms with van der Waals surface area (Å²) < 4.78 is 0. The fourth-order valence-corrected chi connectivity index (χ4v) is 3.75. The molecule has 0 amide bonds. The van der Waals surface area contributed by atoms with E-state index in [0.717, 1.165) is 0 Å². The first-order valence-electron chi connectivity index (χ1n) is 5.47. The SMILES string of the molecule is CCSCCCC1(CBr)CCCC1. The van der Waals surface area contributed by atoms with Crippen LogP contribution in [0.25, 0.3) is 0 Å². The summed E-state index contributed by atoms with van der Waals surface area (Å²) in [4.78, 5) is 0. The lowest BCUT2D eigenvalue weighted by Gasteiger charge is -2.26. The summed E-state index contributed by atoms with van der Waals surface area (Å²) in [6.07, 6.45) is 8.73. The van der Waals surface area contributed by atoms with Crippen molar-refractivity contribution in [1.29, 1.82) is 0 Å². The fourth-order valence-electron chi connectivity index (χ4n) is 2.27. The van der Waals surface area contributed by atoms with E-state index >= 15 is 0 Å². The summed E-state index contributed by atoms with van der Waals surface area (Å²) in [5.74, 6) is 2.65. The van der Waals surface area contributed by atoms with Gasteiger partial charge in [-0.2, -0.15) is 11.8 Å². The maximum absolute atomic E-state index is 3.70. The minimum absolute atomic E-state index is 0.689. The number of thioether (sulfide) groups is 1. The topological polar surface area (TPSA) is 0 Å². The smallest absolute Gasteiger partial charge is 0.00879 e. The molecule has 0 bridgehead atoms. The van der Waals surface area contributed by atoms with Gasteiger partial charge in [-0.25, -0.2) is 0 Å². The van der Waals surface area contributed by atoms with E-state index in [1.807, 2.05) is 0 Å². The van der Waals surface area contributed by atoms with E-state index in [1.54, 1.807) is 0 Å². The first-order chi connectivity index (χ1) is 6.33. The molecule has 0 saturated heterocycles. The Labute approximate surface area is 95.4 Å². The van der Waals surface area contributed by atoms with Crippen molar-refractivity contribution in [3.63, 3.8) is 0 Å². The van der Waals surface area contributed by atoms with Gasteiger partial charge in [0.1, 0.15) is 0 Å². The summed E-state index contributed by atoms with van der Waals surface area (Å²) in [5, 5.41) is 1.23. The van der Waals surface area contributed by atoms with Crippen molar-refractivity contribution < 1.29 is 0 Å². The second kappa shape index (κ2) is 6.34. The second-order valence-electron chi connectivity index (χ2n) is 4.14. The molecule has 0 nitrogen and oxygen atoms in total. The Bertz CT molecular complexity index is 130. The maximum atomic E-state index is 3.70. The van der Waals surface area contributed by atoms with E-state index in [-0.39, 0.29) is 0 Å². The van der Waals surface area contributed by atoms with E-state index in [1.165, 1.54) is 55.4 Å². The molecule has 1 aliphatic rings. The van der Waals surface area contributed by atoms with Crippen LogP contribution >= 0.6 is 27.7 Å². The van der Waals surface area contributed by atoms with E-state index in [4.69, 9.17) is 0 Å². The average Bonchev–Trinajstić information content (AvgIpc) is 2.62. The molecule has 0 N–H and O–H groups in total. The monoisotopic (exact) mass is 264 g/mol. The number of hydrogen-bond acceptors (Lipinski definition) is 1. The van der Waals surface area contributed by atoms with Crippen molar-refractivity contribution >= 4 is 27.7 Å². The highest BCUT2D eigenvalue weighted by Crippen LogP contribution is 2.43. The van der Waals surface area contributed by atoms with Gasteiger partial charge in [0.25, 0.3) is 0 Å². The van der Waals surface area contributed by atoms with Gasteiger partial charge in [0.15, 0.2) is 0 Å². The predicted octanol–water partition coefficient (Wildman–Crippen LogP) is 4.48. The van der Waals surface area contributed by atoms with Crippen molar-refractivity contribution in [1.82, 2.24) is 0 Å². The molecule has 78 valence electrons. The highest BCUT2D eigenvalue weighted by molar-refractivity contribution is 9.09. The van der Waals surface area contributed by atoms with Gasteiger partial charge >= 0.3 is 0 Å². The van der Waals surface area contributed by atoms with Crippen LogP contribution in [0.15, 0.2) is 0 Å². The quantitative estimate of drug-likeness (QED) is 0.504. The molecule has 1 saturated carbocycles. The van der Waals surface area contributed by atoms with Crippen LogP contribution in [0.3, 0.4) is 0 Å². The molecule has 13 heavy (non-hydrogen) atoms. The molecular formula is C11H21BrS. The minimum Gasteiger partial charge on any atom is -0.162 e. The third-order valence-corrected chi connectivity index (χ3v) is 5.32. The Hall–Kier alpha value is 0.830. The molecule has 2 heteroatoms. The first kappa shape index (κ1) is 11.9. The highest BCUT2D eigenvalue weighted by Gasteiger charge is 2.31. The van der Waals surface area contributed by atoms with Gasteiger partial charge in [-0.15, -0.1) is 0 Å². The standard InChI is InChI=1S/C11H21BrS/c1-2-13-9-5-8-11(10-12)6-3-4-7-11/h2-10H2,1H3. The fraction of sp³-hybridized carbons (Fsp3) is 1.00. The molecule has 0 aliphatic heterocycles. The van der Waals surface area contributed by atoms with E-state index in [2.05, 4.69) is 34.6 Å². The highest BCUT2D eigenvalue weighted by atomic mass is 79.9. The lowest BCUT2D eigenvalue weighted by atomic mass is 9.84. The Morgan fingerprint density at radius 1 is 1.31 bits per heavy atom. The van der Waals surface area contributed by atoms with Gasteiger partial charge in [0.05, 0.1) is 0 Å². The van der Waals surface area contributed by atoms with Crippen LogP contribution < -0.4 is 0 Å². The van der Waals surface area contributed by atoms with Crippen molar-refractivity contribution in [3.8, 4) is 0 Å². The summed E-state index contributed by atoms with van der Waals surface area (Å²) in [6, 6.07) is 0. The van der Waals surface area contributed by atoms with Crippen molar-refractivity contribution in [2.75, 3.05) is 16.8 Å². The van der Waals surface area contributed by atoms with Crippen molar-refractivity contribution in [3.05, 3.63) is 0 Å². The third-order valence-electron chi connectivity index (χ3n) is 3.15. The third kappa shape index (κ3) is 3.83. The van der Waals surface area contributed by atoms with Crippen LogP contribution in [0.2, 0.25) is 0 Å². The molecule has 0 heterocycles. The zero-order valence-electron chi connectivity index (χ0n) is 8.65. The Kier molecular flexibility index (Phi) is 5.80. The van der Waals surface area contributed by atoms with Gasteiger partial charge in [0, 0.05) is 5.33 Å². The number of hydrogen-bond donors (Lipinski definition) is 0. The molecule has 0 atom stereocenters. The van der Waals surface area contributed by atoms with Gasteiger partial charge < -0.3 is 0 Å². The van der Waals surface area contributed by atoms with Crippen molar-refractivity contribution in [2.45, 2.75) is 45.4 Å². The number of alkyl halides is 1. The summed E-state index contributed by atoms with van der Waals surface area (Å²) in [6.45, 7) is 2.25. The average molecular weight is 265 g/mol. The summed E-state index contributed by atoms with van der Waals surface area (Å²) in [5.41, 5.74) is 0.689. The largest absolute Gasteiger partial charge is 0.162 e. The van der Waals surface area contributed by atoms with Gasteiger partial charge in [0.2, 0.25) is 0 Å². The van der Waals surface area contributed by atoms with Crippen LogP contribution in [-0.2, 0) is 0 Å². The zero-order valence-corrected chi connectivity index (χ0v) is 11.1. The Morgan fingerprint density at radius 3 is 2.54 bits per heavy atom. The van der Waals surface area contributed by atoms with Gasteiger partial charge in [-0.05, 0) is 42.6 Å². The number of halogens is 1. The first-order valence-corrected chi connectivity index (χ1v) is 7.74. The van der Waals surface area contributed by atoms with Crippen LogP contribution in [0.5, 0.6) is 0 Å². The number of rotatable bonds is 6. The molecule has 0 aromatic carbocycles. The van der Waals surface area contributed by atoms with E-state index < -0.39 is 0 Å². The molecule has 0 radical (unpaired) electrons. The summed E-state index contributed by atoms with van der Waals surface area (Å²) in [7, 11) is 0. The van der Waals surface area contributed by atoms with Crippen LogP contribution in [0.4, 0.5) is 0 Å². The molecule has 1 rings (SSSR count). The van der Waals surface area contributed by atoms with Crippen molar-refractivity contribution in [2.24, 2.45) is 5.41 Å². The second-order valence-corrected chi connectivity index (χ2v) is 6.10. The minimum atomic E-state index is 0.689. The van der Waals surface area contributed by atoms with Gasteiger partial charge in [-0.3, -0.25) is 0 Å². The van der Waals surface area contributed by atoms with Crippen LogP contribution in [-0.4, -0.2) is 16.8 Å². The lowest BCUT2D eigenvalue weighted by Crippen LogP contribution is -2.18. The van der Waals surface area contributed by atoms with E-state index in [9.17, 15) is 0 Å². The van der Waals surface area contributed by atoms with Gasteiger partial charge in [-0.1, -0.05) is 35.7 Å². The summed E-state index contributed by atoms with van der Waals surface area (Å²) >= 11 is 5.78. The van der Waals surface area contributed by atoms with Crippen LogP contribution in [0.1, 0.15) is 45.4 Å². The molecule has 1 fully saturated rings. The molecular weight excluding hydrogens is 244 g/mol. The molecule has 0 aromatic heterocycles. The normalized spacial score (nSPS) is 20.8.